The fourth-order valence-corrected chi connectivity index (χ4v) is 1.35. The fraction of sp³-hybridized carbons (Fsp3) is 0.429. The molecule has 0 aromatic heterocycles. The van der Waals surface area contributed by atoms with Crippen molar-refractivity contribution in [3.63, 3.8) is 0 Å². The SMILES string of the molecule is Cc1ccc(CNC(=O)C(=O)NCC(C)C)cc1. The van der Waals surface area contributed by atoms with Crippen LogP contribution in [0.25, 0.3) is 0 Å². The number of carbonyl (C=O) groups excluding carboxylic acids is 2. The monoisotopic (exact) mass is 248 g/mol. The highest BCUT2D eigenvalue weighted by atomic mass is 16.2. The van der Waals surface area contributed by atoms with Gasteiger partial charge in [0.2, 0.25) is 0 Å². The standard InChI is InChI=1S/C14H20N2O2/c1-10(2)8-15-13(17)14(18)16-9-12-6-4-11(3)5-7-12/h4-7,10H,8-9H2,1-3H3,(H,15,17)(H,16,18). The lowest BCUT2D eigenvalue weighted by molar-refractivity contribution is -0.139. The molecule has 4 heteroatoms. The summed E-state index contributed by atoms with van der Waals surface area (Å²) < 4.78 is 0. The van der Waals surface area contributed by atoms with Gasteiger partial charge >= 0.3 is 11.8 Å². The van der Waals surface area contributed by atoms with Gasteiger partial charge in [-0.1, -0.05) is 43.7 Å². The van der Waals surface area contributed by atoms with E-state index in [-0.39, 0.29) is 0 Å². The predicted octanol–water partition coefficient (Wildman–Crippen LogP) is 1.38. The normalized spacial score (nSPS) is 10.2. The Bertz CT molecular complexity index is 410. The zero-order valence-corrected chi connectivity index (χ0v) is 11.1. The maximum Gasteiger partial charge on any atom is 0.309 e. The molecule has 1 aromatic carbocycles. The minimum atomic E-state index is -0.587. The van der Waals surface area contributed by atoms with Crippen LogP contribution in [0.2, 0.25) is 0 Å². The van der Waals surface area contributed by atoms with Gasteiger partial charge in [0.1, 0.15) is 0 Å². The molecule has 0 heterocycles. The van der Waals surface area contributed by atoms with Gasteiger partial charge in [-0.3, -0.25) is 9.59 Å². The van der Waals surface area contributed by atoms with Crippen LogP contribution in [-0.4, -0.2) is 18.4 Å². The summed E-state index contributed by atoms with van der Waals surface area (Å²) in [5.41, 5.74) is 2.14. The molecule has 0 radical (unpaired) electrons. The number of rotatable bonds is 4. The molecule has 0 saturated carbocycles. The second-order valence-corrected chi connectivity index (χ2v) is 4.77. The number of nitrogens with one attached hydrogen (secondary N) is 2. The molecule has 18 heavy (non-hydrogen) atoms. The van der Waals surface area contributed by atoms with Gasteiger partial charge in [-0.15, -0.1) is 0 Å². The van der Waals surface area contributed by atoms with Crippen molar-refractivity contribution in [3.8, 4) is 0 Å². The molecular formula is C14H20N2O2. The molecule has 0 aliphatic heterocycles. The lowest BCUT2D eigenvalue weighted by atomic mass is 10.1. The number of benzene rings is 1. The van der Waals surface area contributed by atoms with Crippen LogP contribution < -0.4 is 10.6 Å². The summed E-state index contributed by atoms with van der Waals surface area (Å²) in [5.74, 6) is -0.828. The topological polar surface area (TPSA) is 58.2 Å². The van der Waals surface area contributed by atoms with E-state index < -0.39 is 11.8 Å². The van der Waals surface area contributed by atoms with E-state index in [2.05, 4.69) is 10.6 Å². The van der Waals surface area contributed by atoms with E-state index in [1.165, 1.54) is 5.56 Å². The minimum Gasteiger partial charge on any atom is -0.348 e. The third-order valence-corrected chi connectivity index (χ3v) is 2.45. The molecule has 1 rings (SSSR count). The highest BCUT2D eigenvalue weighted by Crippen LogP contribution is 2.02. The van der Waals surface area contributed by atoms with Crippen LogP contribution in [0.4, 0.5) is 0 Å². The van der Waals surface area contributed by atoms with E-state index in [0.29, 0.717) is 19.0 Å². The van der Waals surface area contributed by atoms with Gasteiger partial charge in [0.25, 0.3) is 0 Å². The van der Waals surface area contributed by atoms with Gasteiger partial charge in [0.15, 0.2) is 0 Å². The van der Waals surface area contributed by atoms with Crippen molar-refractivity contribution in [1.29, 1.82) is 0 Å². The number of carbonyl (C=O) groups is 2. The lowest BCUT2D eigenvalue weighted by Gasteiger charge is -2.08. The summed E-state index contributed by atoms with van der Waals surface area (Å²) in [5, 5.41) is 5.17. The van der Waals surface area contributed by atoms with Crippen LogP contribution in [0.15, 0.2) is 24.3 Å². The van der Waals surface area contributed by atoms with Crippen LogP contribution in [0, 0.1) is 12.8 Å². The molecule has 2 amide bonds. The molecule has 98 valence electrons. The predicted molar refractivity (Wildman–Crippen MR) is 70.9 cm³/mol. The average molecular weight is 248 g/mol. The maximum absolute atomic E-state index is 11.5. The summed E-state index contributed by atoms with van der Waals surface area (Å²) in [7, 11) is 0. The van der Waals surface area contributed by atoms with Crippen molar-refractivity contribution in [2.24, 2.45) is 5.92 Å². The van der Waals surface area contributed by atoms with Gasteiger partial charge < -0.3 is 10.6 Å². The minimum absolute atomic E-state index is 0.332. The maximum atomic E-state index is 11.5. The molecule has 1 aromatic rings. The van der Waals surface area contributed by atoms with Crippen molar-refractivity contribution >= 4 is 11.8 Å². The van der Waals surface area contributed by atoms with Crippen LogP contribution >= 0.6 is 0 Å². The van der Waals surface area contributed by atoms with E-state index in [1.54, 1.807) is 0 Å². The first kappa shape index (κ1) is 14.2. The Labute approximate surface area is 108 Å². The molecule has 0 bridgehead atoms. The van der Waals surface area contributed by atoms with E-state index in [0.717, 1.165) is 5.56 Å². The number of aryl methyl sites for hydroxylation is 1. The second kappa shape index (κ2) is 6.79. The van der Waals surface area contributed by atoms with E-state index in [9.17, 15) is 9.59 Å². The first-order valence-electron chi connectivity index (χ1n) is 6.10. The molecular weight excluding hydrogens is 228 g/mol. The third kappa shape index (κ3) is 4.99. The van der Waals surface area contributed by atoms with Gasteiger partial charge in [-0.25, -0.2) is 0 Å². The lowest BCUT2D eigenvalue weighted by Crippen LogP contribution is -2.40. The highest BCUT2D eigenvalue weighted by molar-refractivity contribution is 6.35. The van der Waals surface area contributed by atoms with Crippen molar-refractivity contribution in [3.05, 3.63) is 35.4 Å². The highest BCUT2D eigenvalue weighted by Gasteiger charge is 2.12. The van der Waals surface area contributed by atoms with Gasteiger partial charge in [-0.2, -0.15) is 0 Å². The zero-order valence-electron chi connectivity index (χ0n) is 11.1. The summed E-state index contributed by atoms with van der Waals surface area (Å²) in [6.45, 7) is 6.84. The first-order valence-corrected chi connectivity index (χ1v) is 6.10. The van der Waals surface area contributed by atoms with Crippen molar-refractivity contribution in [2.75, 3.05) is 6.54 Å². The molecule has 2 N–H and O–H groups in total. The number of amides is 2. The molecule has 0 saturated heterocycles. The third-order valence-electron chi connectivity index (χ3n) is 2.45. The Morgan fingerprint density at radius 2 is 1.61 bits per heavy atom. The van der Waals surface area contributed by atoms with Crippen LogP contribution in [0.1, 0.15) is 25.0 Å². The Morgan fingerprint density at radius 3 is 2.17 bits per heavy atom. The number of hydrogen-bond donors (Lipinski definition) is 2. The molecule has 0 spiro atoms. The summed E-state index contributed by atoms with van der Waals surface area (Å²) in [4.78, 5) is 22.9. The largest absolute Gasteiger partial charge is 0.348 e. The van der Waals surface area contributed by atoms with E-state index in [1.807, 2.05) is 45.0 Å². The zero-order chi connectivity index (χ0) is 13.5. The van der Waals surface area contributed by atoms with Gasteiger partial charge in [0.05, 0.1) is 0 Å². The van der Waals surface area contributed by atoms with Gasteiger partial charge in [-0.05, 0) is 18.4 Å². The summed E-state index contributed by atoms with van der Waals surface area (Å²) >= 11 is 0. The molecule has 0 unspecified atom stereocenters. The quantitative estimate of drug-likeness (QED) is 0.791. The van der Waals surface area contributed by atoms with Crippen LogP contribution in [0.3, 0.4) is 0 Å². The molecule has 4 nitrogen and oxygen atoms in total. The average Bonchev–Trinajstić information content (AvgIpc) is 2.34. The Kier molecular flexibility index (Phi) is 5.36. The van der Waals surface area contributed by atoms with Crippen molar-refractivity contribution in [1.82, 2.24) is 10.6 Å². The number of hydrogen-bond acceptors (Lipinski definition) is 2. The van der Waals surface area contributed by atoms with Crippen LogP contribution in [0.5, 0.6) is 0 Å². The van der Waals surface area contributed by atoms with Crippen molar-refractivity contribution < 1.29 is 9.59 Å². The Balaban J connectivity index is 2.36. The summed E-state index contributed by atoms with van der Waals surface area (Å²) in [6, 6.07) is 7.81. The first-order chi connectivity index (χ1) is 8.49. The summed E-state index contributed by atoms with van der Waals surface area (Å²) in [6.07, 6.45) is 0. The molecule has 0 atom stereocenters. The second-order valence-electron chi connectivity index (χ2n) is 4.77. The van der Waals surface area contributed by atoms with Gasteiger partial charge in [0, 0.05) is 13.1 Å². The molecule has 0 fully saturated rings. The molecule has 0 aliphatic rings. The Hall–Kier alpha value is -1.84. The smallest absolute Gasteiger partial charge is 0.309 e. The Morgan fingerprint density at radius 1 is 1.06 bits per heavy atom. The molecule has 0 aliphatic carbocycles. The van der Waals surface area contributed by atoms with Crippen LogP contribution in [-0.2, 0) is 16.1 Å². The van der Waals surface area contributed by atoms with E-state index in [4.69, 9.17) is 0 Å². The van der Waals surface area contributed by atoms with Crippen molar-refractivity contribution in [2.45, 2.75) is 27.3 Å². The fourth-order valence-electron chi connectivity index (χ4n) is 1.35. The van der Waals surface area contributed by atoms with E-state index >= 15 is 0 Å².